The summed E-state index contributed by atoms with van der Waals surface area (Å²) in [4.78, 5) is 24.9. The molecule has 2 rings (SSSR count). The third-order valence-electron chi connectivity index (χ3n) is 3.72. The van der Waals surface area contributed by atoms with Crippen LogP contribution in [-0.2, 0) is 9.59 Å². The van der Waals surface area contributed by atoms with Gasteiger partial charge in [0.25, 0.3) is 0 Å². The van der Waals surface area contributed by atoms with E-state index in [1.165, 1.54) is 0 Å². The lowest BCUT2D eigenvalue weighted by Gasteiger charge is -2.44. The molecule has 16 heavy (non-hydrogen) atoms. The Morgan fingerprint density at radius 2 is 2.31 bits per heavy atom. The molecule has 1 atom stereocenters. The zero-order valence-electron chi connectivity index (χ0n) is 9.53. The lowest BCUT2D eigenvalue weighted by molar-refractivity contribution is -0.153. The highest BCUT2D eigenvalue weighted by Crippen LogP contribution is 2.46. The van der Waals surface area contributed by atoms with E-state index in [-0.39, 0.29) is 5.91 Å². The molecule has 1 saturated heterocycles. The number of aliphatic carboxylic acids is 1. The first-order valence-electron chi connectivity index (χ1n) is 5.86. The summed E-state index contributed by atoms with van der Waals surface area (Å²) in [6.45, 7) is 2.46. The molecule has 0 aromatic rings. The van der Waals surface area contributed by atoms with E-state index in [9.17, 15) is 14.7 Å². The van der Waals surface area contributed by atoms with Gasteiger partial charge in [-0.2, -0.15) is 0 Å². The molecule has 0 radical (unpaired) electrons. The maximum absolute atomic E-state index is 11.7. The van der Waals surface area contributed by atoms with Crippen molar-refractivity contribution in [3.8, 4) is 0 Å². The highest BCUT2D eigenvalue weighted by molar-refractivity contribution is 5.87. The van der Waals surface area contributed by atoms with E-state index >= 15 is 0 Å². The molecule has 0 saturated carbocycles. The standard InChI is InChI=1S/C12H17NO3/c1-2-13-9-5-3-4-7-12(9,11(15)16)8-6-10(13)14/h5H,2-4,6-8H2,1H3,(H,15,16)/t12-/m1/s1. The molecule has 4 nitrogen and oxygen atoms in total. The molecule has 4 heteroatoms. The van der Waals surface area contributed by atoms with Gasteiger partial charge >= 0.3 is 5.97 Å². The number of carbonyl (C=O) groups is 2. The van der Waals surface area contributed by atoms with Crippen LogP contribution in [0.3, 0.4) is 0 Å². The molecule has 88 valence electrons. The minimum Gasteiger partial charge on any atom is -0.481 e. The number of hydrogen-bond acceptors (Lipinski definition) is 2. The number of rotatable bonds is 2. The number of carboxylic acids is 1. The third kappa shape index (κ3) is 1.44. The van der Waals surface area contributed by atoms with Crippen LogP contribution in [0.4, 0.5) is 0 Å². The zero-order valence-corrected chi connectivity index (χ0v) is 9.53. The Labute approximate surface area is 94.9 Å². The van der Waals surface area contributed by atoms with Gasteiger partial charge in [0.2, 0.25) is 5.91 Å². The highest BCUT2D eigenvalue weighted by atomic mass is 16.4. The van der Waals surface area contributed by atoms with Crippen LogP contribution in [-0.4, -0.2) is 28.4 Å². The predicted molar refractivity (Wildman–Crippen MR) is 58.6 cm³/mol. The highest BCUT2D eigenvalue weighted by Gasteiger charge is 2.49. The van der Waals surface area contributed by atoms with E-state index in [0.29, 0.717) is 25.8 Å². The van der Waals surface area contributed by atoms with E-state index in [4.69, 9.17) is 0 Å². The van der Waals surface area contributed by atoms with Crippen molar-refractivity contribution in [3.05, 3.63) is 11.8 Å². The quantitative estimate of drug-likeness (QED) is 0.776. The van der Waals surface area contributed by atoms with Crippen molar-refractivity contribution in [1.29, 1.82) is 0 Å². The molecule has 0 bridgehead atoms. The number of fused-ring (bicyclic) bond motifs is 1. The second-order valence-corrected chi connectivity index (χ2v) is 4.51. The largest absolute Gasteiger partial charge is 0.481 e. The van der Waals surface area contributed by atoms with Gasteiger partial charge in [0.15, 0.2) is 0 Å². The first-order valence-corrected chi connectivity index (χ1v) is 5.86. The van der Waals surface area contributed by atoms with Gasteiger partial charge in [-0.25, -0.2) is 0 Å². The summed E-state index contributed by atoms with van der Waals surface area (Å²) >= 11 is 0. The second kappa shape index (κ2) is 3.92. The van der Waals surface area contributed by atoms with Crippen molar-refractivity contribution in [3.63, 3.8) is 0 Å². The van der Waals surface area contributed by atoms with Crippen molar-refractivity contribution >= 4 is 11.9 Å². The average molecular weight is 223 g/mol. The van der Waals surface area contributed by atoms with Crippen molar-refractivity contribution in [2.75, 3.05) is 6.54 Å². The van der Waals surface area contributed by atoms with Gasteiger partial charge in [-0.05, 0) is 32.6 Å². The van der Waals surface area contributed by atoms with Crippen LogP contribution >= 0.6 is 0 Å². The van der Waals surface area contributed by atoms with Gasteiger partial charge in [-0.3, -0.25) is 9.59 Å². The van der Waals surface area contributed by atoms with E-state index < -0.39 is 11.4 Å². The monoisotopic (exact) mass is 223 g/mol. The maximum Gasteiger partial charge on any atom is 0.315 e. The Morgan fingerprint density at radius 3 is 2.94 bits per heavy atom. The molecule has 1 aliphatic carbocycles. The fourth-order valence-corrected chi connectivity index (χ4v) is 2.85. The molecular weight excluding hydrogens is 206 g/mol. The molecule has 1 amide bonds. The summed E-state index contributed by atoms with van der Waals surface area (Å²) in [6, 6.07) is 0. The second-order valence-electron chi connectivity index (χ2n) is 4.51. The molecular formula is C12H17NO3. The summed E-state index contributed by atoms with van der Waals surface area (Å²) in [5.41, 5.74) is -0.0488. The Bertz CT molecular complexity index is 361. The molecule has 2 aliphatic rings. The number of nitrogens with zero attached hydrogens (tertiary/aromatic N) is 1. The van der Waals surface area contributed by atoms with E-state index in [2.05, 4.69) is 0 Å². The van der Waals surface area contributed by atoms with Gasteiger partial charge < -0.3 is 10.0 Å². The number of likely N-dealkylation sites (tertiary alicyclic amines) is 1. The van der Waals surface area contributed by atoms with Gasteiger partial charge in [-0.1, -0.05) is 6.08 Å². The molecule has 0 unspecified atom stereocenters. The summed E-state index contributed by atoms with van der Waals surface area (Å²) in [5, 5.41) is 9.44. The van der Waals surface area contributed by atoms with Crippen molar-refractivity contribution in [2.45, 2.75) is 39.0 Å². The molecule has 1 aliphatic heterocycles. The minimum atomic E-state index is -0.790. The van der Waals surface area contributed by atoms with Crippen molar-refractivity contribution in [1.82, 2.24) is 4.90 Å². The lowest BCUT2D eigenvalue weighted by atomic mass is 9.70. The third-order valence-corrected chi connectivity index (χ3v) is 3.72. The maximum atomic E-state index is 11.7. The van der Waals surface area contributed by atoms with Crippen LogP contribution in [0.15, 0.2) is 11.8 Å². The molecule has 0 aromatic heterocycles. The van der Waals surface area contributed by atoms with Crippen LogP contribution < -0.4 is 0 Å². The summed E-state index contributed by atoms with van der Waals surface area (Å²) in [7, 11) is 0. The van der Waals surface area contributed by atoms with Crippen molar-refractivity contribution in [2.24, 2.45) is 5.41 Å². The SMILES string of the molecule is CCN1C(=O)CC[C@]2(C(=O)O)CCCC=C12. The van der Waals surface area contributed by atoms with Crippen LogP contribution in [0.2, 0.25) is 0 Å². The van der Waals surface area contributed by atoms with Crippen LogP contribution in [0.1, 0.15) is 39.0 Å². The van der Waals surface area contributed by atoms with Crippen molar-refractivity contribution < 1.29 is 14.7 Å². The number of carboxylic acid groups (broad SMARTS) is 1. The van der Waals surface area contributed by atoms with E-state index in [1.54, 1.807) is 4.90 Å². The Balaban J connectivity index is 2.43. The number of allylic oxidation sites excluding steroid dienone is 1. The first-order chi connectivity index (χ1) is 7.62. The Hall–Kier alpha value is -1.32. The molecule has 0 aromatic carbocycles. The van der Waals surface area contributed by atoms with Gasteiger partial charge in [-0.15, -0.1) is 0 Å². The van der Waals surface area contributed by atoms with E-state index in [0.717, 1.165) is 18.5 Å². The fourth-order valence-electron chi connectivity index (χ4n) is 2.85. The topological polar surface area (TPSA) is 57.6 Å². The van der Waals surface area contributed by atoms with Gasteiger partial charge in [0.05, 0.1) is 0 Å². The lowest BCUT2D eigenvalue weighted by Crippen LogP contribution is -2.49. The number of amides is 1. The van der Waals surface area contributed by atoms with Crippen LogP contribution in [0.5, 0.6) is 0 Å². The molecule has 1 heterocycles. The Morgan fingerprint density at radius 1 is 1.56 bits per heavy atom. The molecule has 1 fully saturated rings. The fraction of sp³-hybridized carbons (Fsp3) is 0.667. The van der Waals surface area contributed by atoms with Crippen LogP contribution in [0.25, 0.3) is 0 Å². The van der Waals surface area contributed by atoms with Gasteiger partial charge in [0, 0.05) is 18.7 Å². The normalized spacial score (nSPS) is 29.7. The zero-order chi connectivity index (χ0) is 11.8. The van der Waals surface area contributed by atoms with E-state index in [1.807, 2.05) is 13.0 Å². The number of carbonyl (C=O) groups excluding carboxylic acids is 1. The predicted octanol–water partition coefficient (Wildman–Crippen LogP) is 1.77. The molecule has 1 N–H and O–H groups in total. The molecule has 0 spiro atoms. The first kappa shape index (κ1) is 11.2. The summed E-state index contributed by atoms with van der Waals surface area (Å²) in [5.74, 6) is -0.711. The Kier molecular flexibility index (Phi) is 2.74. The number of hydrogen-bond donors (Lipinski definition) is 1. The van der Waals surface area contributed by atoms with Gasteiger partial charge in [0.1, 0.15) is 5.41 Å². The smallest absolute Gasteiger partial charge is 0.315 e. The average Bonchev–Trinajstić information content (AvgIpc) is 2.29. The van der Waals surface area contributed by atoms with Crippen LogP contribution in [0, 0.1) is 5.41 Å². The summed E-state index contributed by atoms with van der Waals surface area (Å²) < 4.78 is 0. The number of piperidine rings is 1. The minimum absolute atomic E-state index is 0.0625. The summed E-state index contributed by atoms with van der Waals surface area (Å²) in [6.07, 6.45) is 5.22.